The minimum atomic E-state index is 0.314. The molecule has 1 aliphatic rings. The van der Waals surface area contributed by atoms with E-state index in [-0.39, 0.29) is 0 Å². The van der Waals surface area contributed by atoms with E-state index in [1.54, 1.807) is 7.11 Å². The predicted molar refractivity (Wildman–Crippen MR) is 72.2 cm³/mol. The van der Waals surface area contributed by atoms with E-state index in [4.69, 9.17) is 13.9 Å². The van der Waals surface area contributed by atoms with Crippen LogP contribution in [0.4, 0.5) is 0 Å². The fourth-order valence-corrected chi connectivity index (χ4v) is 2.25. The van der Waals surface area contributed by atoms with Crippen LogP contribution in [0.2, 0.25) is 0 Å². The maximum atomic E-state index is 5.73. The largest absolute Gasteiger partial charge is 0.446 e. The Morgan fingerprint density at radius 3 is 3.16 bits per heavy atom. The van der Waals surface area contributed by atoms with Crippen molar-refractivity contribution in [2.24, 2.45) is 0 Å². The number of aromatic nitrogens is 1. The van der Waals surface area contributed by atoms with Gasteiger partial charge in [-0.25, -0.2) is 4.98 Å². The quantitative estimate of drug-likeness (QED) is 0.725. The van der Waals surface area contributed by atoms with Crippen molar-refractivity contribution in [3.05, 3.63) is 17.8 Å². The molecule has 1 atom stereocenters. The number of nitrogens with zero attached hydrogens (tertiary/aromatic N) is 1. The maximum absolute atomic E-state index is 5.73. The average Bonchev–Trinajstić information content (AvgIpc) is 2.87. The molecule has 1 saturated heterocycles. The Kier molecular flexibility index (Phi) is 6.33. The molecule has 1 fully saturated rings. The van der Waals surface area contributed by atoms with Crippen molar-refractivity contribution in [1.29, 1.82) is 0 Å². The van der Waals surface area contributed by atoms with Crippen LogP contribution in [0.15, 0.2) is 10.6 Å². The van der Waals surface area contributed by atoms with Gasteiger partial charge in [0.25, 0.3) is 0 Å². The minimum Gasteiger partial charge on any atom is -0.446 e. The fourth-order valence-electron chi connectivity index (χ4n) is 2.25. The van der Waals surface area contributed by atoms with Crippen LogP contribution in [0.5, 0.6) is 0 Å². The second-order valence-electron chi connectivity index (χ2n) is 4.91. The van der Waals surface area contributed by atoms with Crippen LogP contribution in [0.1, 0.15) is 30.9 Å². The summed E-state index contributed by atoms with van der Waals surface area (Å²) in [5.41, 5.74) is 0. The van der Waals surface area contributed by atoms with E-state index in [0.717, 1.165) is 57.2 Å². The average molecular weight is 268 g/mol. The first-order valence-electron chi connectivity index (χ1n) is 7.13. The first-order valence-corrected chi connectivity index (χ1v) is 7.13. The lowest BCUT2D eigenvalue weighted by Crippen LogP contribution is -2.21. The third kappa shape index (κ3) is 5.30. The molecule has 5 nitrogen and oxygen atoms in total. The standard InChI is InChI=1S/C14H24N2O3/c1-17-9-7-15-6-5-14-16-11-13(19-14)10-12-4-2-3-8-18-12/h11-12,15H,2-10H2,1H3. The van der Waals surface area contributed by atoms with Gasteiger partial charge in [0, 0.05) is 39.6 Å². The highest BCUT2D eigenvalue weighted by Crippen LogP contribution is 2.17. The van der Waals surface area contributed by atoms with E-state index in [0.29, 0.717) is 6.10 Å². The van der Waals surface area contributed by atoms with E-state index < -0.39 is 0 Å². The fraction of sp³-hybridized carbons (Fsp3) is 0.786. The summed E-state index contributed by atoms with van der Waals surface area (Å²) in [5, 5.41) is 3.28. The predicted octanol–water partition coefficient (Wildman–Crippen LogP) is 1.56. The smallest absolute Gasteiger partial charge is 0.195 e. The number of methoxy groups -OCH3 is 1. The highest BCUT2D eigenvalue weighted by molar-refractivity contribution is 4.97. The normalized spacial score (nSPS) is 19.7. The van der Waals surface area contributed by atoms with Crippen molar-refractivity contribution < 1.29 is 13.9 Å². The molecule has 0 bridgehead atoms. The number of ether oxygens (including phenoxy) is 2. The Morgan fingerprint density at radius 1 is 1.42 bits per heavy atom. The molecule has 0 amide bonds. The molecule has 1 N–H and O–H groups in total. The molecule has 0 radical (unpaired) electrons. The molecular weight excluding hydrogens is 244 g/mol. The van der Waals surface area contributed by atoms with Crippen LogP contribution >= 0.6 is 0 Å². The van der Waals surface area contributed by atoms with Crippen molar-refractivity contribution in [3.63, 3.8) is 0 Å². The van der Waals surface area contributed by atoms with Crippen LogP contribution in [-0.4, -0.2) is 44.5 Å². The monoisotopic (exact) mass is 268 g/mol. The van der Waals surface area contributed by atoms with Gasteiger partial charge in [-0.3, -0.25) is 0 Å². The molecule has 0 saturated carbocycles. The number of hydrogen-bond donors (Lipinski definition) is 1. The molecule has 2 rings (SSSR count). The third-order valence-corrected chi connectivity index (χ3v) is 3.30. The molecule has 1 aromatic heterocycles. The third-order valence-electron chi connectivity index (χ3n) is 3.30. The summed E-state index contributed by atoms with van der Waals surface area (Å²) in [6, 6.07) is 0. The van der Waals surface area contributed by atoms with Gasteiger partial charge in [0.1, 0.15) is 5.76 Å². The van der Waals surface area contributed by atoms with Crippen LogP contribution in [0, 0.1) is 0 Å². The molecule has 1 unspecified atom stereocenters. The Morgan fingerprint density at radius 2 is 2.37 bits per heavy atom. The first-order chi connectivity index (χ1) is 9.38. The number of oxazole rings is 1. The Bertz CT molecular complexity index is 348. The summed E-state index contributed by atoms with van der Waals surface area (Å²) in [6.07, 6.45) is 7.39. The van der Waals surface area contributed by atoms with Crippen molar-refractivity contribution >= 4 is 0 Å². The molecule has 1 aromatic rings. The summed E-state index contributed by atoms with van der Waals surface area (Å²) >= 11 is 0. The Hall–Kier alpha value is -0.910. The van der Waals surface area contributed by atoms with Crippen LogP contribution in [0.25, 0.3) is 0 Å². The van der Waals surface area contributed by atoms with Gasteiger partial charge in [0.05, 0.1) is 18.9 Å². The summed E-state index contributed by atoms with van der Waals surface area (Å²) in [4.78, 5) is 4.31. The lowest BCUT2D eigenvalue weighted by Gasteiger charge is -2.21. The van der Waals surface area contributed by atoms with Crippen LogP contribution in [0.3, 0.4) is 0 Å². The van der Waals surface area contributed by atoms with Gasteiger partial charge in [0.2, 0.25) is 0 Å². The molecular formula is C14H24N2O3. The minimum absolute atomic E-state index is 0.314. The van der Waals surface area contributed by atoms with Crippen molar-refractivity contribution in [2.45, 2.75) is 38.2 Å². The molecule has 0 aromatic carbocycles. The van der Waals surface area contributed by atoms with E-state index in [1.807, 2.05) is 6.20 Å². The molecule has 2 heterocycles. The van der Waals surface area contributed by atoms with Gasteiger partial charge >= 0.3 is 0 Å². The van der Waals surface area contributed by atoms with E-state index in [1.165, 1.54) is 12.8 Å². The van der Waals surface area contributed by atoms with Gasteiger partial charge in [-0.05, 0) is 19.3 Å². The summed E-state index contributed by atoms with van der Waals surface area (Å²) in [7, 11) is 1.70. The molecule has 1 aliphatic heterocycles. The van der Waals surface area contributed by atoms with Gasteiger partial charge in [-0.2, -0.15) is 0 Å². The zero-order valence-electron chi connectivity index (χ0n) is 11.7. The van der Waals surface area contributed by atoms with E-state index in [2.05, 4.69) is 10.3 Å². The van der Waals surface area contributed by atoms with E-state index in [9.17, 15) is 0 Å². The van der Waals surface area contributed by atoms with Crippen molar-refractivity contribution in [3.8, 4) is 0 Å². The van der Waals surface area contributed by atoms with E-state index >= 15 is 0 Å². The van der Waals surface area contributed by atoms with Gasteiger partial charge in [-0.15, -0.1) is 0 Å². The number of nitrogens with one attached hydrogen (secondary N) is 1. The SMILES string of the molecule is COCCNCCc1ncc(CC2CCCCO2)o1. The highest BCUT2D eigenvalue weighted by atomic mass is 16.5. The summed E-state index contributed by atoms with van der Waals surface area (Å²) < 4.78 is 16.4. The van der Waals surface area contributed by atoms with Crippen LogP contribution < -0.4 is 5.32 Å². The summed E-state index contributed by atoms with van der Waals surface area (Å²) in [5.74, 6) is 1.74. The molecule has 19 heavy (non-hydrogen) atoms. The lowest BCUT2D eigenvalue weighted by molar-refractivity contribution is 0.0138. The number of rotatable bonds is 8. The first kappa shape index (κ1) is 14.5. The van der Waals surface area contributed by atoms with Crippen molar-refractivity contribution in [2.75, 3.05) is 33.4 Å². The van der Waals surface area contributed by atoms with Gasteiger partial charge in [-0.1, -0.05) is 0 Å². The molecule has 0 spiro atoms. The molecule has 108 valence electrons. The zero-order chi connectivity index (χ0) is 13.3. The number of hydrogen-bond acceptors (Lipinski definition) is 5. The van der Waals surface area contributed by atoms with Gasteiger partial charge in [0.15, 0.2) is 5.89 Å². The molecule has 0 aliphatic carbocycles. The van der Waals surface area contributed by atoms with Crippen LogP contribution in [-0.2, 0) is 22.3 Å². The maximum Gasteiger partial charge on any atom is 0.195 e. The Balaban J connectivity index is 1.66. The summed E-state index contributed by atoms with van der Waals surface area (Å²) in [6.45, 7) is 3.34. The topological polar surface area (TPSA) is 56.5 Å². The second kappa shape index (κ2) is 8.30. The zero-order valence-corrected chi connectivity index (χ0v) is 11.7. The van der Waals surface area contributed by atoms with Gasteiger partial charge < -0.3 is 19.2 Å². The second-order valence-corrected chi connectivity index (χ2v) is 4.91. The Labute approximate surface area is 114 Å². The molecule has 5 heteroatoms. The highest BCUT2D eigenvalue weighted by Gasteiger charge is 2.16. The van der Waals surface area contributed by atoms with Crippen molar-refractivity contribution in [1.82, 2.24) is 10.3 Å². The lowest BCUT2D eigenvalue weighted by atomic mass is 10.1.